The molecule has 0 N–H and O–H groups in total. The molecule has 0 atom stereocenters. The van der Waals surface area contributed by atoms with Crippen LogP contribution in [0.5, 0.6) is 0 Å². The second kappa shape index (κ2) is 7.58. The number of methoxy groups -OCH3 is 1. The molecular formula is C20H18N2O3S. The van der Waals surface area contributed by atoms with E-state index in [9.17, 15) is 9.59 Å². The number of thioether (sulfide) groups is 1. The van der Waals surface area contributed by atoms with Crippen molar-refractivity contribution in [1.82, 2.24) is 4.90 Å². The Morgan fingerprint density at radius 2 is 1.85 bits per heavy atom. The number of nitrogens with zero attached hydrogens (tertiary/aromatic N) is 2. The van der Waals surface area contributed by atoms with Gasteiger partial charge in [0.15, 0.2) is 5.17 Å². The zero-order valence-corrected chi connectivity index (χ0v) is 15.5. The van der Waals surface area contributed by atoms with Gasteiger partial charge in [-0.15, -0.1) is 0 Å². The van der Waals surface area contributed by atoms with Crippen LogP contribution >= 0.6 is 11.8 Å². The van der Waals surface area contributed by atoms with Gasteiger partial charge in [0.05, 0.1) is 23.3 Å². The van der Waals surface area contributed by atoms with Crippen LogP contribution < -0.4 is 0 Å². The highest BCUT2D eigenvalue weighted by molar-refractivity contribution is 8.18. The number of benzene rings is 2. The Kier molecular flexibility index (Phi) is 5.23. The van der Waals surface area contributed by atoms with Crippen LogP contribution in [0.3, 0.4) is 0 Å². The molecule has 5 nitrogen and oxygen atoms in total. The van der Waals surface area contributed by atoms with Crippen molar-refractivity contribution in [1.29, 1.82) is 0 Å². The van der Waals surface area contributed by atoms with Crippen LogP contribution in [0.25, 0.3) is 6.08 Å². The normalized spacial score (nSPS) is 17.2. The van der Waals surface area contributed by atoms with Gasteiger partial charge in [-0.25, -0.2) is 9.79 Å². The Labute approximate surface area is 156 Å². The summed E-state index contributed by atoms with van der Waals surface area (Å²) in [4.78, 5) is 30.7. The number of esters is 1. The SMILES string of the molecule is COC(=O)c1ccc(N=C2S/C(=C\c3ccccc3C)C(=O)N2C)cc1. The maximum atomic E-state index is 12.5. The van der Waals surface area contributed by atoms with E-state index >= 15 is 0 Å². The molecular weight excluding hydrogens is 348 g/mol. The van der Waals surface area contributed by atoms with E-state index in [2.05, 4.69) is 9.73 Å². The molecule has 6 heteroatoms. The lowest BCUT2D eigenvalue weighted by molar-refractivity contribution is -0.121. The van der Waals surface area contributed by atoms with Gasteiger partial charge in [-0.2, -0.15) is 0 Å². The Bertz CT molecular complexity index is 917. The van der Waals surface area contributed by atoms with Crippen LogP contribution in [0.1, 0.15) is 21.5 Å². The number of aryl methyl sites for hydroxylation is 1. The molecule has 0 aliphatic carbocycles. The molecule has 1 aliphatic rings. The number of ether oxygens (including phenoxy) is 1. The van der Waals surface area contributed by atoms with Crippen molar-refractivity contribution in [2.75, 3.05) is 14.2 Å². The summed E-state index contributed by atoms with van der Waals surface area (Å²) in [5.74, 6) is -0.474. The number of aliphatic imine (C=N–C) groups is 1. The third-order valence-corrected chi connectivity index (χ3v) is 5.05. The summed E-state index contributed by atoms with van der Waals surface area (Å²) in [6.07, 6.45) is 1.89. The molecule has 0 saturated carbocycles. The minimum atomic E-state index is -0.393. The van der Waals surface area contributed by atoms with E-state index in [4.69, 9.17) is 0 Å². The van der Waals surface area contributed by atoms with Crippen molar-refractivity contribution >= 4 is 40.6 Å². The monoisotopic (exact) mass is 366 g/mol. The number of carbonyl (C=O) groups excluding carboxylic acids is 2. The molecule has 0 radical (unpaired) electrons. The predicted molar refractivity (Wildman–Crippen MR) is 104 cm³/mol. The summed E-state index contributed by atoms with van der Waals surface area (Å²) < 4.78 is 4.68. The molecule has 132 valence electrons. The van der Waals surface area contributed by atoms with Crippen LogP contribution in [0.2, 0.25) is 0 Å². The fourth-order valence-electron chi connectivity index (χ4n) is 2.44. The largest absolute Gasteiger partial charge is 0.465 e. The number of amides is 1. The van der Waals surface area contributed by atoms with Crippen molar-refractivity contribution in [2.45, 2.75) is 6.92 Å². The molecule has 0 aromatic heterocycles. The first-order chi connectivity index (χ1) is 12.5. The zero-order chi connectivity index (χ0) is 18.7. The van der Waals surface area contributed by atoms with E-state index in [-0.39, 0.29) is 5.91 Å². The van der Waals surface area contributed by atoms with E-state index in [1.165, 1.54) is 23.8 Å². The summed E-state index contributed by atoms with van der Waals surface area (Å²) in [6.45, 7) is 2.01. The van der Waals surface area contributed by atoms with E-state index in [1.54, 1.807) is 31.3 Å². The van der Waals surface area contributed by atoms with Gasteiger partial charge in [0.25, 0.3) is 5.91 Å². The van der Waals surface area contributed by atoms with E-state index in [0.29, 0.717) is 21.3 Å². The quantitative estimate of drug-likeness (QED) is 0.608. The van der Waals surface area contributed by atoms with Crippen molar-refractivity contribution in [2.24, 2.45) is 4.99 Å². The van der Waals surface area contributed by atoms with Crippen molar-refractivity contribution in [3.05, 3.63) is 70.1 Å². The summed E-state index contributed by atoms with van der Waals surface area (Å²) in [6, 6.07) is 14.7. The van der Waals surface area contributed by atoms with Crippen LogP contribution in [-0.2, 0) is 9.53 Å². The number of rotatable bonds is 3. The smallest absolute Gasteiger partial charge is 0.337 e. The molecule has 0 spiro atoms. The van der Waals surface area contributed by atoms with Crippen LogP contribution in [0.4, 0.5) is 5.69 Å². The molecule has 26 heavy (non-hydrogen) atoms. The highest BCUT2D eigenvalue weighted by Crippen LogP contribution is 2.33. The summed E-state index contributed by atoms with van der Waals surface area (Å²) >= 11 is 1.34. The molecule has 2 aromatic carbocycles. The van der Waals surface area contributed by atoms with Gasteiger partial charge in [-0.1, -0.05) is 24.3 Å². The lowest BCUT2D eigenvalue weighted by Gasteiger charge is -2.07. The number of carbonyl (C=O) groups is 2. The average molecular weight is 366 g/mol. The first-order valence-electron chi connectivity index (χ1n) is 8.00. The molecule has 3 rings (SSSR count). The fourth-order valence-corrected chi connectivity index (χ4v) is 3.42. The zero-order valence-electron chi connectivity index (χ0n) is 14.7. The number of amidine groups is 1. The molecule has 1 fully saturated rings. The number of hydrogen-bond acceptors (Lipinski definition) is 5. The van der Waals surface area contributed by atoms with Crippen LogP contribution in [-0.4, -0.2) is 36.1 Å². The highest BCUT2D eigenvalue weighted by atomic mass is 32.2. The fraction of sp³-hybridized carbons (Fsp3) is 0.150. The van der Waals surface area contributed by atoms with Gasteiger partial charge >= 0.3 is 5.97 Å². The van der Waals surface area contributed by atoms with E-state index < -0.39 is 5.97 Å². The topological polar surface area (TPSA) is 59.0 Å². The van der Waals surface area contributed by atoms with Crippen molar-refractivity contribution in [3.63, 3.8) is 0 Å². The maximum Gasteiger partial charge on any atom is 0.337 e. The number of hydrogen-bond donors (Lipinski definition) is 0. The van der Waals surface area contributed by atoms with Crippen molar-refractivity contribution < 1.29 is 14.3 Å². The highest BCUT2D eigenvalue weighted by Gasteiger charge is 2.30. The van der Waals surface area contributed by atoms with E-state index in [0.717, 1.165) is 11.1 Å². The van der Waals surface area contributed by atoms with Gasteiger partial charge in [0, 0.05) is 7.05 Å². The Morgan fingerprint density at radius 1 is 1.15 bits per heavy atom. The summed E-state index contributed by atoms with van der Waals surface area (Å²) in [5, 5.41) is 0.598. The molecule has 1 saturated heterocycles. The van der Waals surface area contributed by atoms with Gasteiger partial charge in [-0.05, 0) is 60.2 Å². The molecule has 1 amide bonds. The third kappa shape index (κ3) is 3.70. The maximum absolute atomic E-state index is 12.5. The first-order valence-corrected chi connectivity index (χ1v) is 8.81. The standard InChI is InChI=1S/C20H18N2O3S/c1-13-6-4-5-7-15(13)12-17-18(23)22(2)20(26-17)21-16-10-8-14(9-11-16)19(24)25-3/h4-12H,1-3H3/b17-12-,21-20?. The van der Waals surface area contributed by atoms with Gasteiger partial charge in [-0.3, -0.25) is 9.69 Å². The molecule has 0 bridgehead atoms. The lowest BCUT2D eigenvalue weighted by Crippen LogP contribution is -2.23. The Hall–Kier alpha value is -2.86. The lowest BCUT2D eigenvalue weighted by atomic mass is 10.1. The Balaban J connectivity index is 1.85. The molecule has 2 aromatic rings. The molecule has 1 heterocycles. The van der Waals surface area contributed by atoms with Gasteiger partial charge in [0.1, 0.15) is 0 Å². The molecule has 1 aliphatic heterocycles. The predicted octanol–water partition coefficient (Wildman–Crippen LogP) is 4.02. The van der Waals surface area contributed by atoms with Gasteiger partial charge in [0.2, 0.25) is 0 Å². The number of likely N-dealkylation sites (N-methyl/N-ethyl adjacent to an activating group) is 1. The second-order valence-electron chi connectivity index (χ2n) is 5.76. The third-order valence-electron chi connectivity index (χ3n) is 3.99. The Morgan fingerprint density at radius 3 is 2.50 bits per heavy atom. The average Bonchev–Trinajstić information content (AvgIpc) is 2.91. The van der Waals surface area contributed by atoms with Crippen LogP contribution in [0, 0.1) is 6.92 Å². The van der Waals surface area contributed by atoms with Crippen LogP contribution in [0.15, 0.2) is 58.4 Å². The summed E-state index contributed by atoms with van der Waals surface area (Å²) in [5.41, 5.74) is 3.25. The first kappa shape index (κ1) is 17.9. The van der Waals surface area contributed by atoms with E-state index in [1.807, 2.05) is 37.3 Å². The van der Waals surface area contributed by atoms with Gasteiger partial charge < -0.3 is 4.74 Å². The minimum absolute atomic E-state index is 0.0804. The second-order valence-corrected chi connectivity index (χ2v) is 6.77. The van der Waals surface area contributed by atoms with Crippen molar-refractivity contribution in [3.8, 4) is 0 Å². The molecule has 0 unspecified atom stereocenters. The minimum Gasteiger partial charge on any atom is -0.465 e. The summed E-state index contributed by atoms with van der Waals surface area (Å²) in [7, 11) is 3.05.